The molecule has 36 heavy (non-hydrogen) atoms. The minimum Gasteiger partial charge on any atom is -0.383 e. The van der Waals surface area contributed by atoms with Gasteiger partial charge in [0.05, 0.1) is 4.88 Å². The first kappa shape index (κ1) is 25.7. The van der Waals surface area contributed by atoms with Gasteiger partial charge in [-0.25, -0.2) is 15.0 Å². The van der Waals surface area contributed by atoms with Crippen molar-refractivity contribution in [3.05, 3.63) is 52.9 Å². The van der Waals surface area contributed by atoms with Crippen LogP contribution in [0.3, 0.4) is 0 Å². The molecule has 3 aromatic rings. The molecule has 4 N–H and O–H groups in total. The SMILES string of the molecule is Cc1cc(Nc2nccc(C(C)C)n2)cc(-c2cnc(C3(O)CCCN(C(=O)CC(N)=O)CC3)s2)c1. The monoisotopic (exact) mass is 508 g/mol. The molecule has 1 atom stereocenters. The molecule has 0 radical (unpaired) electrons. The number of primary amides is 1. The quantitative estimate of drug-likeness (QED) is 0.413. The van der Waals surface area contributed by atoms with Crippen LogP contribution in [0.25, 0.3) is 10.4 Å². The number of nitrogens with one attached hydrogen (secondary N) is 1. The normalized spacial score (nSPS) is 18.2. The summed E-state index contributed by atoms with van der Waals surface area (Å²) in [4.78, 5) is 39.4. The van der Waals surface area contributed by atoms with Gasteiger partial charge < -0.3 is 21.1 Å². The van der Waals surface area contributed by atoms with Gasteiger partial charge in [0.25, 0.3) is 0 Å². The Balaban J connectivity index is 1.52. The van der Waals surface area contributed by atoms with Crippen LogP contribution in [0.15, 0.2) is 36.7 Å². The topological polar surface area (TPSA) is 134 Å². The molecule has 0 spiro atoms. The minimum atomic E-state index is -1.12. The smallest absolute Gasteiger partial charge is 0.231 e. The lowest BCUT2D eigenvalue weighted by atomic mass is 9.96. The number of rotatable bonds is 7. The summed E-state index contributed by atoms with van der Waals surface area (Å²) in [7, 11) is 0. The third-order valence-corrected chi connectivity index (χ3v) is 7.52. The average molecular weight is 509 g/mol. The fourth-order valence-electron chi connectivity index (χ4n) is 4.35. The number of hydrogen-bond acceptors (Lipinski definition) is 8. The predicted molar refractivity (Wildman–Crippen MR) is 140 cm³/mol. The molecular weight excluding hydrogens is 476 g/mol. The summed E-state index contributed by atoms with van der Waals surface area (Å²) in [6.07, 6.45) is 4.69. The highest BCUT2D eigenvalue weighted by molar-refractivity contribution is 7.15. The molecule has 0 saturated carbocycles. The number of thiazole rings is 1. The second-order valence-electron chi connectivity index (χ2n) is 9.61. The van der Waals surface area contributed by atoms with Crippen molar-refractivity contribution >= 4 is 34.8 Å². The van der Waals surface area contributed by atoms with Gasteiger partial charge in [-0.3, -0.25) is 9.59 Å². The largest absolute Gasteiger partial charge is 0.383 e. The summed E-state index contributed by atoms with van der Waals surface area (Å²) in [5, 5.41) is 15.4. The van der Waals surface area contributed by atoms with Gasteiger partial charge in [0.2, 0.25) is 17.8 Å². The second-order valence-corrected chi connectivity index (χ2v) is 10.6. The van der Waals surface area contributed by atoms with Crippen LogP contribution in [0.4, 0.5) is 11.6 Å². The van der Waals surface area contributed by atoms with Crippen LogP contribution >= 0.6 is 11.3 Å². The number of aliphatic hydroxyl groups is 1. The lowest BCUT2D eigenvalue weighted by Crippen LogP contribution is -2.35. The van der Waals surface area contributed by atoms with E-state index in [4.69, 9.17) is 5.73 Å². The van der Waals surface area contributed by atoms with Crippen molar-refractivity contribution in [2.45, 2.75) is 58.0 Å². The Morgan fingerprint density at radius 3 is 2.78 bits per heavy atom. The van der Waals surface area contributed by atoms with Gasteiger partial charge in [-0.2, -0.15) is 0 Å². The van der Waals surface area contributed by atoms with Crippen LogP contribution in [-0.2, 0) is 15.2 Å². The van der Waals surface area contributed by atoms with Crippen LogP contribution in [0, 0.1) is 6.92 Å². The highest BCUT2D eigenvalue weighted by atomic mass is 32.1. The number of nitrogens with zero attached hydrogens (tertiary/aromatic N) is 4. The molecule has 2 amide bonds. The molecular formula is C26H32N6O3S. The number of likely N-dealkylation sites (tertiary alicyclic amines) is 1. The molecule has 0 aliphatic carbocycles. The van der Waals surface area contributed by atoms with Gasteiger partial charge in [-0.15, -0.1) is 11.3 Å². The summed E-state index contributed by atoms with van der Waals surface area (Å²) in [5.74, 6) is -0.0871. The molecule has 9 nitrogen and oxygen atoms in total. The summed E-state index contributed by atoms with van der Waals surface area (Å²) in [5.41, 5.74) is 7.94. The zero-order valence-corrected chi connectivity index (χ0v) is 21.6. The van der Waals surface area contributed by atoms with Crippen molar-refractivity contribution in [1.29, 1.82) is 0 Å². The molecule has 0 bridgehead atoms. The molecule has 1 fully saturated rings. The number of aryl methyl sites for hydroxylation is 1. The Kier molecular flexibility index (Phi) is 7.65. The Hall–Kier alpha value is -3.37. The van der Waals surface area contributed by atoms with Crippen molar-refractivity contribution in [3.8, 4) is 10.4 Å². The van der Waals surface area contributed by atoms with E-state index in [9.17, 15) is 14.7 Å². The number of nitrogens with two attached hydrogens (primary N) is 1. The molecule has 1 unspecified atom stereocenters. The van der Waals surface area contributed by atoms with Crippen molar-refractivity contribution in [2.24, 2.45) is 5.73 Å². The fraction of sp³-hybridized carbons (Fsp3) is 0.423. The average Bonchev–Trinajstić information content (AvgIpc) is 3.23. The number of carbonyl (C=O) groups excluding carboxylic acids is 2. The summed E-state index contributed by atoms with van der Waals surface area (Å²) in [6.45, 7) is 7.05. The van der Waals surface area contributed by atoms with Crippen molar-refractivity contribution in [3.63, 3.8) is 0 Å². The Morgan fingerprint density at radius 2 is 2.03 bits per heavy atom. The first-order chi connectivity index (χ1) is 17.1. The van der Waals surface area contributed by atoms with Gasteiger partial charge in [0.15, 0.2) is 0 Å². The first-order valence-corrected chi connectivity index (χ1v) is 12.9. The molecule has 1 aliphatic heterocycles. The van der Waals surface area contributed by atoms with Gasteiger partial charge in [-0.05, 0) is 55.0 Å². The molecule has 1 aliphatic rings. The molecule has 4 rings (SSSR count). The Morgan fingerprint density at radius 1 is 1.22 bits per heavy atom. The lowest BCUT2D eigenvalue weighted by molar-refractivity contribution is -0.135. The lowest BCUT2D eigenvalue weighted by Gasteiger charge is -2.24. The van der Waals surface area contributed by atoms with E-state index in [-0.39, 0.29) is 12.3 Å². The molecule has 10 heteroatoms. The number of amides is 2. The van der Waals surface area contributed by atoms with E-state index in [1.54, 1.807) is 17.3 Å². The Bertz CT molecular complexity index is 1260. The van der Waals surface area contributed by atoms with E-state index < -0.39 is 11.5 Å². The summed E-state index contributed by atoms with van der Waals surface area (Å²) < 4.78 is 0. The molecule has 2 aromatic heterocycles. The maximum Gasteiger partial charge on any atom is 0.231 e. The maximum absolute atomic E-state index is 12.3. The standard InChI is InChI=1S/C26H32N6O3S/c1-16(2)20-5-8-28-25(31-20)30-19-12-17(3)11-18(13-19)21-15-29-24(36-21)26(35)6-4-9-32(10-7-26)23(34)14-22(27)33/h5,8,11-13,15-16,35H,4,6-7,9-10,14H2,1-3H3,(H2,27,33)(H,28,30,31). The second kappa shape index (κ2) is 10.7. The third kappa shape index (κ3) is 6.06. The highest BCUT2D eigenvalue weighted by Crippen LogP contribution is 2.39. The maximum atomic E-state index is 12.3. The summed E-state index contributed by atoms with van der Waals surface area (Å²) >= 11 is 1.45. The Labute approximate surface area is 214 Å². The number of benzene rings is 1. The van der Waals surface area contributed by atoms with Gasteiger partial charge in [0.1, 0.15) is 17.0 Å². The van der Waals surface area contributed by atoms with Crippen LogP contribution in [0.2, 0.25) is 0 Å². The summed E-state index contributed by atoms with van der Waals surface area (Å²) in [6, 6.07) is 8.06. The van der Waals surface area contributed by atoms with E-state index in [1.807, 2.05) is 25.1 Å². The highest BCUT2D eigenvalue weighted by Gasteiger charge is 2.36. The minimum absolute atomic E-state index is 0.297. The van der Waals surface area contributed by atoms with Crippen LogP contribution in [0.1, 0.15) is 61.7 Å². The van der Waals surface area contributed by atoms with Crippen LogP contribution in [0.5, 0.6) is 0 Å². The molecule has 3 heterocycles. The molecule has 1 saturated heterocycles. The van der Waals surface area contributed by atoms with Crippen LogP contribution in [-0.4, -0.2) is 49.9 Å². The fourth-order valence-corrected chi connectivity index (χ4v) is 5.40. The van der Waals surface area contributed by atoms with E-state index in [1.165, 1.54) is 11.3 Å². The van der Waals surface area contributed by atoms with E-state index in [2.05, 4.69) is 40.2 Å². The zero-order chi connectivity index (χ0) is 25.9. The molecule has 190 valence electrons. The van der Waals surface area contributed by atoms with Gasteiger partial charge >= 0.3 is 0 Å². The third-order valence-electron chi connectivity index (χ3n) is 6.28. The number of anilines is 2. The number of aromatic nitrogens is 3. The number of carbonyl (C=O) groups is 2. The number of hydrogen-bond donors (Lipinski definition) is 3. The van der Waals surface area contributed by atoms with E-state index in [0.717, 1.165) is 27.4 Å². The van der Waals surface area contributed by atoms with Crippen molar-refractivity contribution < 1.29 is 14.7 Å². The van der Waals surface area contributed by atoms with E-state index in [0.29, 0.717) is 49.2 Å². The van der Waals surface area contributed by atoms with E-state index >= 15 is 0 Å². The van der Waals surface area contributed by atoms with Crippen molar-refractivity contribution in [2.75, 3.05) is 18.4 Å². The zero-order valence-electron chi connectivity index (χ0n) is 20.8. The first-order valence-electron chi connectivity index (χ1n) is 12.1. The predicted octanol–water partition coefficient (Wildman–Crippen LogP) is 3.85. The molecule has 1 aromatic carbocycles. The van der Waals surface area contributed by atoms with Gasteiger partial charge in [0, 0.05) is 43.3 Å². The van der Waals surface area contributed by atoms with Crippen LogP contribution < -0.4 is 11.1 Å². The van der Waals surface area contributed by atoms with Gasteiger partial charge in [-0.1, -0.05) is 19.9 Å². The van der Waals surface area contributed by atoms with Crippen molar-refractivity contribution in [1.82, 2.24) is 19.9 Å².